The fourth-order valence-corrected chi connectivity index (χ4v) is 4.98. The second-order valence-corrected chi connectivity index (χ2v) is 8.94. The second kappa shape index (κ2) is 10.5. The summed E-state index contributed by atoms with van der Waals surface area (Å²) in [4.78, 5) is 5.70. The molecule has 2 heterocycles. The van der Waals surface area contributed by atoms with Crippen molar-refractivity contribution in [3.8, 4) is 0 Å². The average Bonchev–Trinajstić information content (AvgIpc) is 3.05. The highest BCUT2D eigenvalue weighted by molar-refractivity contribution is 14.1. The van der Waals surface area contributed by atoms with Crippen LogP contribution in [0.3, 0.4) is 0 Å². The number of hydrogen-bond donors (Lipinski definition) is 2. The van der Waals surface area contributed by atoms with E-state index < -0.39 is 0 Å². The fraction of sp³-hybridized carbons (Fsp3) is 0.615. The van der Waals surface area contributed by atoms with E-state index in [9.17, 15) is 0 Å². The van der Waals surface area contributed by atoms with Gasteiger partial charge in [0.2, 0.25) is 0 Å². The highest BCUT2D eigenvalue weighted by Crippen LogP contribution is 2.25. The summed E-state index contributed by atoms with van der Waals surface area (Å²) < 4.78 is 1.35. The SMILES string of the molecule is CN=C(NCCc1ccc(I)s1)NCC1CCCS1.I. The van der Waals surface area contributed by atoms with Crippen LogP contribution in [0.25, 0.3) is 0 Å². The summed E-state index contributed by atoms with van der Waals surface area (Å²) in [7, 11) is 1.84. The number of rotatable bonds is 5. The second-order valence-electron chi connectivity index (χ2n) is 4.47. The lowest BCUT2D eigenvalue weighted by atomic mass is 10.2. The van der Waals surface area contributed by atoms with Crippen LogP contribution in [0.2, 0.25) is 0 Å². The van der Waals surface area contributed by atoms with Crippen LogP contribution < -0.4 is 10.6 Å². The predicted molar refractivity (Wildman–Crippen MR) is 111 cm³/mol. The van der Waals surface area contributed by atoms with Crippen LogP contribution in [0.5, 0.6) is 0 Å². The number of thiophene rings is 1. The highest BCUT2D eigenvalue weighted by Gasteiger charge is 2.15. The molecule has 1 aromatic heterocycles. The molecule has 2 N–H and O–H groups in total. The first kappa shape index (κ1) is 18.8. The number of guanidine groups is 1. The van der Waals surface area contributed by atoms with Crippen molar-refractivity contribution in [2.45, 2.75) is 24.5 Å². The average molecular weight is 537 g/mol. The lowest BCUT2D eigenvalue weighted by Crippen LogP contribution is -2.40. The van der Waals surface area contributed by atoms with Crippen molar-refractivity contribution in [2.75, 3.05) is 25.9 Å². The molecule has 0 amide bonds. The topological polar surface area (TPSA) is 36.4 Å². The van der Waals surface area contributed by atoms with Crippen molar-refractivity contribution in [2.24, 2.45) is 4.99 Å². The van der Waals surface area contributed by atoms with Crippen LogP contribution in [0.4, 0.5) is 0 Å². The van der Waals surface area contributed by atoms with Crippen LogP contribution in [-0.4, -0.2) is 37.1 Å². The van der Waals surface area contributed by atoms with Crippen LogP contribution in [0.1, 0.15) is 17.7 Å². The molecule has 7 heteroatoms. The minimum atomic E-state index is 0. The Balaban J connectivity index is 0.00000200. The first-order chi connectivity index (χ1) is 9.28. The van der Waals surface area contributed by atoms with E-state index in [0.717, 1.165) is 30.7 Å². The van der Waals surface area contributed by atoms with E-state index in [1.165, 1.54) is 26.4 Å². The molecule has 1 atom stereocenters. The molecule has 1 aliphatic heterocycles. The molecule has 0 radical (unpaired) electrons. The van der Waals surface area contributed by atoms with Crippen molar-refractivity contribution in [1.82, 2.24) is 10.6 Å². The summed E-state index contributed by atoms with van der Waals surface area (Å²) in [5.74, 6) is 2.24. The molecule has 0 aliphatic carbocycles. The summed E-state index contributed by atoms with van der Waals surface area (Å²) in [6.45, 7) is 1.97. The van der Waals surface area contributed by atoms with Crippen LogP contribution >= 0.6 is 69.7 Å². The minimum Gasteiger partial charge on any atom is -0.356 e. The van der Waals surface area contributed by atoms with E-state index in [4.69, 9.17) is 0 Å². The van der Waals surface area contributed by atoms with Gasteiger partial charge in [-0.25, -0.2) is 0 Å². The Labute approximate surface area is 160 Å². The summed E-state index contributed by atoms with van der Waals surface area (Å²) in [5.41, 5.74) is 0. The maximum Gasteiger partial charge on any atom is 0.191 e. The lowest BCUT2D eigenvalue weighted by molar-refractivity contribution is 0.725. The molecule has 1 fully saturated rings. The molecule has 20 heavy (non-hydrogen) atoms. The summed E-state index contributed by atoms with van der Waals surface area (Å²) >= 11 is 6.31. The van der Waals surface area contributed by atoms with Gasteiger partial charge in [-0.05, 0) is 59.7 Å². The van der Waals surface area contributed by atoms with Crippen LogP contribution in [0, 0.1) is 2.88 Å². The van der Waals surface area contributed by atoms with Gasteiger partial charge in [-0.3, -0.25) is 4.99 Å². The van der Waals surface area contributed by atoms with Gasteiger partial charge < -0.3 is 10.6 Å². The van der Waals surface area contributed by atoms with Gasteiger partial charge in [-0.15, -0.1) is 35.3 Å². The third kappa shape index (κ3) is 6.69. The normalized spacial score (nSPS) is 18.7. The summed E-state index contributed by atoms with van der Waals surface area (Å²) in [5, 5.41) is 7.57. The number of nitrogens with one attached hydrogen (secondary N) is 2. The Bertz CT molecular complexity index is 418. The standard InChI is InChI=1S/C13H20IN3S2.HI/c1-15-13(17-9-11-3-2-8-18-11)16-7-6-10-4-5-12(14)19-10;/h4-5,11H,2-3,6-9H2,1H3,(H2,15,16,17);1H. The zero-order valence-electron chi connectivity index (χ0n) is 11.5. The molecule has 1 aliphatic rings. The van der Waals surface area contributed by atoms with Crippen LogP contribution in [0.15, 0.2) is 17.1 Å². The number of halogens is 2. The van der Waals surface area contributed by atoms with Crippen LogP contribution in [-0.2, 0) is 6.42 Å². The maximum atomic E-state index is 4.27. The Morgan fingerprint density at radius 2 is 2.30 bits per heavy atom. The third-order valence-corrected chi connectivity index (χ3v) is 6.39. The van der Waals surface area contributed by atoms with Crippen molar-refractivity contribution >= 4 is 75.6 Å². The molecule has 0 aromatic carbocycles. The van der Waals surface area contributed by atoms with E-state index in [-0.39, 0.29) is 24.0 Å². The zero-order valence-corrected chi connectivity index (χ0v) is 17.6. The molecular formula is C13H21I2N3S2. The van der Waals surface area contributed by atoms with Crippen molar-refractivity contribution in [1.29, 1.82) is 0 Å². The van der Waals surface area contributed by atoms with Gasteiger partial charge in [0.05, 0.1) is 2.88 Å². The van der Waals surface area contributed by atoms with E-state index in [2.05, 4.69) is 62.1 Å². The Kier molecular flexibility index (Phi) is 9.88. The number of hydrogen-bond acceptors (Lipinski definition) is 3. The van der Waals surface area contributed by atoms with E-state index in [1.807, 2.05) is 18.4 Å². The molecule has 0 saturated carbocycles. The number of aliphatic imine (C=N–C) groups is 1. The summed E-state index contributed by atoms with van der Waals surface area (Å²) in [6, 6.07) is 4.38. The Morgan fingerprint density at radius 1 is 1.45 bits per heavy atom. The number of thioether (sulfide) groups is 1. The molecule has 3 nitrogen and oxygen atoms in total. The molecule has 114 valence electrons. The number of nitrogens with zero attached hydrogens (tertiary/aromatic N) is 1. The predicted octanol–water partition coefficient (Wildman–Crippen LogP) is 3.57. The van der Waals surface area contributed by atoms with E-state index in [0.29, 0.717) is 0 Å². The first-order valence-electron chi connectivity index (χ1n) is 6.58. The van der Waals surface area contributed by atoms with Crippen molar-refractivity contribution < 1.29 is 0 Å². The molecule has 1 saturated heterocycles. The third-order valence-electron chi connectivity index (χ3n) is 3.04. The smallest absolute Gasteiger partial charge is 0.191 e. The van der Waals surface area contributed by atoms with E-state index >= 15 is 0 Å². The monoisotopic (exact) mass is 537 g/mol. The molecule has 0 bridgehead atoms. The van der Waals surface area contributed by atoms with Gasteiger partial charge in [0, 0.05) is 30.3 Å². The van der Waals surface area contributed by atoms with Crippen molar-refractivity contribution in [3.63, 3.8) is 0 Å². The fourth-order valence-electron chi connectivity index (χ4n) is 2.03. The Hall–Kier alpha value is 0.780. The van der Waals surface area contributed by atoms with Gasteiger partial charge in [0.25, 0.3) is 0 Å². The lowest BCUT2D eigenvalue weighted by Gasteiger charge is -2.14. The van der Waals surface area contributed by atoms with Crippen molar-refractivity contribution in [3.05, 3.63) is 19.9 Å². The van der Waals surface area contributed by atoms with Gasteiger partial charge in [-0.2, -0.15) is 11.8 Å². The Morgan fingerprint density at radius 3 is 2.90 bits per heavy atom. The van der Waals surface area contributed by atoms with Gasteiger partial charge in [-0.1, -0.05) is 0 Å². The molecule has 0 spiro atoms. The van der Waals surface area contributed by atoms with Gasteiger partial charge in [0.15, 0.2) is 5.96 Å². The molecule has 1 aromatic rings. The van der Waals surface area contributed by atoms with Gasteiger partial charge in [0.1, 0.15) is 0 Å². The first-order valence-corrected chi connectivity index (χ1v) is 9.52. The molecule has 1 unspecified atom stereocenters. The maximum absolute atomic E-state index is 4.27. The zero-order chi connectivity index (χ0) is 13.5. The largest absolute Gasteiger partial charge is 0.356 e. The molecule has 2 rings (SSSR count). The van der Waals surface area contributed by atoms with Gasteiger partial charge >= 0.3 is 0 Å². The molecular weight excluding hydrogens is 516 g/mol. The minimum absolute atomic E-state index is 0. The quantitative estimate of drug-likeness (QED) is 0.343. The summed E-state index contributed by atoms with van der Waals surface area (Å²) in [6.07, 6.45) is 3.76. The highest BCUT2D eigenvalue weighted by atomic mass is 127. The van der Waals surface area contributed by atoms with E-state index in [1.54, 1.807) is 0 Å².